The molecule has 2 unspecified atom stereocenters. The summed E-state index contributed by atoms with van der Waals surface area (Å²) in [6, 6.07) is 19.7. The average molecular weight is 719 g/mol. The molecule has 3 aromatic carbocycles. The first-order chi connectivity index (χ1) is 23.2. The van der Waals surface area contributed by atoms with Crippen LogP contribution < -0.4 is 21.3 Å². The lowest BCUT2D eigenvalue weighted by atomic mass is 9.98. The van der Waals surface area contributed by atoms with Gasteiger partial charge >= 0.3 is 12.2 Å². The molecule has 0 bridgehead atoms. The van der Waals surface area contributed by atoms with Crippen molar-refractivity contribution in [1.82, 2.24) is 21.3 Å². The Bertz CT molecular complexity index is 1840. The molecule has 6 N–H and O–H groups in total. The van der Waals surface area contributed by atoms with E-state index in [2.05, 4.69) is 10.6 Å². The van der Waals surface area contributed by atoms with Crippen LogP contribution >= 0.6 is 0 Å². The molecule has 2 atom stereocenters. The Labute approximate surface area is 282 Å². The van der Waals surface area contributed by atoms with Gasteiger partial charge in [-0.05, 0) is 27.8 Å². The van der Waals surface area contributed by atoms with Gasteiger partial charge in [-0.2, -0.15) is 16.8 Å². The summed E-state index contributed by atoms with van der Waals surface area (Å²) < 4.78 is 75.8. The van der Waals surface area contributed by atoms with Crippen molar-refractivity contribution in [2.75, 3.05) is 31.2 Å². The highest BCUT2D eigenvalue weighted by molar-refractivity contribution is 7.86. The first-order valence-electron chi connectivity index (χ1n) is 14.7. The molecule has 1 aliphatic rings. The lowest BCUT2D eigenvalue weighted by Crippen LogP contribution is -2.57. The molecule has 3 aromatic rings. The van der Waals surface area contributed by atoms with Gasteiger partial charge in [-0.1, -0.05) is 78.9 Å². The Kier molecular flexibility index (Phi) is 12.3. The van der Waals surface area contributed by atoms with Gasteiger partial charge in [-0.3, -0.25) is 18.7 Å². The fourth-order valence-electron chi connectivity index (χ4n) is 5.09. The maximum absolute atomic E-state index is 13.1. The van der Waals surface area contributed by atoms with Gasteiger partial charge in [0.2, 0.25) is 11.8 Å². The second-order valence-corrected chi connectivity index (χ2v) is 13.9. The van der Waals surface area contributed by atoms with Gasteiger partial charge in [0.15, 0.2) is 0 Å². The van der Waals surface area contributed by atoms with Gasteiger partial charge in [0.05, 0.1) is 0 Å². The molecule has 0 radical (unpaired) electrons. The third-order valence-electron chi connectivity index (χ3n) is 7.25. The highest BCUT2D eigenvalue weighted by Crippen LogP contribution is 2.44. The van der Waals surface area contributed by atoms with Gasteiger partial charge in [0, 0.05) is 19.0 Å². The number of rotatable bonds is 15. The maximum atomic E-state index is 13.1. The van der Waals surface area contributed by atoms with Gasteiger partial charge in [0.25, 0.3) is 20.2 Å². The summed E-state index contributed by atoms with van der Waals surface area (Å²) in [6.07, 6.45) is -2.06. The quantitative estimate of drug-likeness (QED) is 0.0959. The predicted octanol–water partition coefficient (Wildman–Crippen LogP) is 1.20. The molecule has 0 heterocycles. The van der Waals surface area contributed by atoms with E-state index in [1.54, 1.807) is 30.3 Å². The maximum Gasteiger partial charge on any atom is 0.407 e. The van der Waals surface area contributed by atoms with Crippen molar-refractivity contribution in [3.8, 4) is 11.1 Å². The molecule has 18 heteroatoms. The van der Waals surface area contributed by atoms with E-state index in [0.29, 0.717) is 0 Å². The minimum Gasteiger partial charge on any atom is -0.449 e. The molecule has 4 amide bonds. The summed E-state index contributed by atoms with van der Waals surface area (Å²) >= 11 is 0. The molecule has 1 aliphatic carbocycles. The average Bonchev–Trinajstić information content (AvgIpc) is 3.36. The fraction of sp³-hybridized carbons (Fsp3) is 0.290. The van der Waals surface area contributed by atoms with E-state index in [0.717, 1.165) is 27.8 Å². The molecule has 0 saturated carbocycles. The lowest BCUT2D eigenvalue weighted by Gasteiger charge is -2.22. The van der Waals surface area contributed by atoms with Crippen LogP contribution in [-0.2, 0) is 45.9 Å². The second-order valence-electron chi connectivity index (χ2n) is 10.9. The smallest absolute Gasteiger partial charge is 0.407 e. The van der Waals surface area contributed by atoms with Crippen molar-refractivity contribution < 1.29 is 54.6 Å². The molecule has 0 fully saturated rings. The van der Waals surface area contributed by atoms with Crippen LogP contribution in [0.5, 0.6) is 0 Å². The standard InChI is InChI=1S/C31H34N4O12S2/c36-28(32-14-15-33-30(38)46-16-20-8-2-1-3-9-20)26(18-48(40,41)42)34-29(37)27(19-49(43,44)45)35-31(39)47-17-25-23-12-6-4-10-21(23)22-11-5-7-13-24(22)25/h1-13,25-27H,14-19H2,(H,32,36)(H,33,38)(H,34,37)(H,35,39)(H,40,41,42)(H,43,44,45). The van der Waals surface area contributed by atoms with Gasteiger partial charge in [-0.25, -0.2) is 9.59 Å². The molecular weight excluding hydrogens is 684 g/mol. The number of ether oxygens (including phenoxy) is 2. The number of carbonyl (C=O) groups is 4. The number of nitrogens with one attached hydrogen (secondary N) is 4. The molecule has 0 aliphatic heterocycles. The minimum absolute atomic E-state index is 0.0176. The molecule has 0 spiro atoms. The highest BCUT2D eigenvalue weighted by Gasteiger charge is 2.34. The summed E-state index contributed by atoms with van der Waals surface area (Å²) in [5.41, 5.74) is 4.37. The Morgan fingerprint density at radius 2 is 1.14 bits per heavy atom. The van der Waals surface area contributed by atoms with E-state index < -0.39 is 67.8 Å². The third-order valence-corrected chi connectivity index (χ3v) is 8.76. The number of fused-ring (bicyclic) bond motifs is 3. The summed E-state index contributed by atoms with van der Waals surface area (Å²) in [5, 5.41) is 8.60. The van der Waals surface area contributed by atoms with E-state index in [1.807, 2.05) is 59.2 Å². The van der Waals surface area contributed by atoms with Crippen LogP contribution in [0.15, 0.2) is 78.9 Å². The molecule has 49 heavy (non-hydrogen) atoms. The zero-order valence-electron chi connectivity index (χ0n) is 25.8. The van der Waals surface area contributed by atoms with Crippen LogP contribution in [0.4, 0.5) is 9.59 Å². The fourth-order valence-corrected chi connectivity index (χ4v) is 6.40. The van der Waals surface area contributed by atoms with Crippen LogP contribution in [0.25, 0.3) is 11.1 Å². The van der Waals surface area contributed by atoms with E-state index >= 15 is 0 Å². The van der Waals surface area contributed by atoms with Crippen LogP contribution in [0.3, 0.4) is 0 Å². The Balaban J connectivity index is 1.34. The van der Waals surface area contributed by atoms with Crippen LogP contribution in [-0.4, -0.2) is 93.2 Å². The summed E-state index contributed by atoms with van der Waals surface area (Å²) in [5.74, 6) is -5.61. The van der Waals surface area contributed by atoms with Crippen molar-refractivity contribution in [3.63, 3.8) is 0 Å². The van der Waals surface area contributed by atoms with E-state index in [-0.39, 0.29) is 32.2 Å². The number of carbonyl (C=O) groups excluding carboxylic acids is 4. The number of alkyl carbamates (subject to hydrolysis) is 2. The zero-order valence-corrected chi connectivity index (χ0v) is 27.4. The summed E-state index contributed by atoms with van der Waals surface area (Å²) in [6.45, 7) is -0.678. The van der Waals surface area contributed by atoms with Crippen molar-refractivity contribution in [2.24, 2.45) is 0 Å². The highest BCUT2D eigenvalue weighted by atomic mass is 32.2. The van der Waals surface area contributed by atoms with E-state index in [9.17, 15) is 45.1 Å². The van der Waals surface area contributed by atoms with Crippen LogP contribution in [0.2, 0.25) is 0 Å². The molecule has 4 rings (SSSR count). The van der Waals surface area contributed by atoms with Crippen LogP contribution in [0.1, 0.15) is 22.6 Å². The monoisotopic (exact) mass is 718 g/mol. The van der Waals surface area contributed by atoms with Gasteiger partial charge < -0.3 is 30.7 Å². The first kappa shape index (κ1) is 36.8. The first-order valence-corrected chi connectivity index (χ1v) is 18.0. The molecule has 0 saturated heterocycles. The van der Waals surface area contributed by atoms with E-state index in [1.165, 1.54) is 0 Å². The normalized spacial score (nSPS) is 13.6. The van der Waals surface area contributed by atoms with E-state index in [4.69, 9.17) is 9.47 Å². The lowest BCUT2D eigenvalue weighted by molar-refractivity contribution is -0.129. The number of hydrogen-bond acceptors (Lipinski definition) is 10. The van der Waals surface area contributed by atoms with Crippen LogP contribution in [0, 0.1) is 0 Å². The largest absolute Gasteiger partial charge is 0.449 e. The zero-order chi connectivity index (χ0) is 35.6. The van der Waals surface area contributed by atoms with Crippen molar-refractivity contribution in [3.05, 3.63) is 95.6 Å². The topological polar surface area (TPSA) is 244 Å². The van der Waals surface area contributed by atoms with Crippen molar-refractivity contribution >= 4 is 44.2 Å². The third kappa shape index (κ3) is 11.3. The van der Waals surface area contributed by atoms with Crippen molar-refractivity contribution in [1.29, 1.82) is 0 Å². The van der Waals surface area contributed by atoms with Crippen molar-refractivity contribution in [2.45, 2.75) is 24.6 Å². The predicted molar refractivity (Wildman–Crippen MR) is 174 cm³/mol. The minimum atomic E-state index is -4.92. The van der Waals surface area contributed by atoms with Gasteiger partial charge in [0.1, 0.15) is 36.8 Å². The number of benzene rings is 3. The molecule has 0 aromatic heterocycles. The Hall–Kier alpha value is -5.04. The molecule has 16 nitrogen and oxygen atoms in total. The summed E-state index contributed by atoms with van der Waals surface area (Å²) in [7, 11) is -9.80. The number of amides is 4. The number of hydrogen-bond donors (Lipinski definition) is 6. The molecular formula is C31H34N4O12S2. The Morgan fingerprint density at radius 1 is 0.633 bits per heavy atom. The Morgan fingerprint density at radius 3 is 1.71 bits per heavy atom. The SMILES string of the molecule is O=C(NCCNC(=O)C(CS(=O)(=O)O)NC(=O)C(CS(=O)(=O)O)NC(=O)OCC1c2ccccc2-c2ccccc21)OCc1ccccc1. The molecule has 262 valence electrons. The van der Waals surface area contributed by atoms with Gasteiger partial charge in [-0.15, -0.1) is 0 Å². The summed E-state index contributed by atoms with van der Waals surface area (Å²) in [4.78, 5) is 50.5. The second kappa shape index (κ2) is 16.4.